The summed E-state index contributed by atoms with van der Waals surface area (Å²) < 4.78 is 37.6. The average molecular weight is 285 g/mol. The third-order valence-corrected chi connectivity index (χ3v) is 2.17. The molecule has 1 aromatic rings. The zero-order valence-electron chi connectivity index (χ0n) is 7.08. The summed E-state index contributed by atoms with van der Waals surface area (Å²) in [5, 5.41) is 10.4. The van der Waals surface area contributed by atoms with Crippen LogP contribution in [0.4, 0.5) is 18.9 Å². The van der Waals surface area contributed by atoms with Gasteiger partial charge in [-0.1, -0.05) is 15.9 Å². The highest BCUT2D eigenvalue weighted by atomic mass is 79.9. The molecule has 0 saturated carbocycles. The number of rotatable bonds is 3. The summed E-state index contributed by atoms with van der Waals surface area (Å²) in [5.41, 5.74) is -2.29. The molecule has 0 spiro atoms. The first kappa shape index (κ1) is 11.9. The number of nitro groups is 1. The smallest absolute Gasteiger partial charge is 0.258 e. The van der Waals surface area contributed by atoms with Gasteiger partial charge < -0.3 is 0 Å². The molecule has 0 aliphatic heterocycles. The molecule has 0 aliphatic rings. The molecule has 0 N–H and O–H groups in total. The van der Waals surface area contributed by atoms with Crippen LogP contribution in [0.1, 0.15) is 17.7 Å². The van der Waals surface area contributed by atoms with E-state index in [0.29, 0.717) is 6.20 Å². The Balaban J connectivity index is 3.42. The average Bonchev–Trinajstić information content (AvgIpc) is 2.15. The number of nitrogens with zero attached hydrogens (tertiary/aromatic N) is 2. The maximum absolute atomic E-state index is 13.2. The summed E-state index contributed by atoms with van der Waals surface area (Å²) in [7, 11) is 0. The predicted molar refractivity (Wildman–Crippen MR) is 48.4 cm³/mol. The maximum atomic E-state index is 13.2. The maximum Gasteiger partial charge on any atom is 0.327 e. The van der Waals surface area contributed by atoms with Gasteiger partial charge in [0.2, 0.25) is 5.82 Å². The summed E-state index contributed by atoms with van der Waals surface area (Å²) in [5.74, 6) is -1.53. The Hall–Kier alpha value is -1.18. The van der Waals surface area contributed by atoms with E-state index in [-0.39, 0.29) is 11.0 Å². The van der Waals surface area contributed by atoms with E-state index < -0.39 is 28.4 Å². The van der Waals surface area contributed by atoms with Crippen LogP contribution >= 0.6 is 15.9 Å². The number of aromatic nitrogens is 1. The Morgan fingerprint density at radius 3 is 2.60 bits per heavy atom. The van der Waals surface area contributed by atoms with Crippen LogP contribution in [0.5, 0.6) is 0 Å². The van der Waals surface area contributed by atoms with Crippen molar-refractivity contribution >= 4 is 21.6 Å². The lowest BCUT2D eigenvalue weighted by molar-refractivity contribution is -0.388. The zero-order chi connectivity index (χ0) is 11.6. The molecular weight excluding hydrogens is 281 g/mol. The fourth-order valence-corrected chi connectivity index (χ4v) is 1.37. The van der Waals surface area contributed by atoms with Gasteiger partial charge in [0.05, 0.1) is 15.8 Å². The summed E-state index contributed by atoms with van der Waals surface area (Å²) in [6, 6.07) is 0. The van der Waals surface area contributed by atoms with Crippen molar-refractivity contribution < 1.29 is 18.1 Å². The highest BCUT2D eigenvalue weighted by molar-refractivity contribution is 9.08. The van der Waals surface area contributed by atoms with Crippen molar-refractivity contribution in [1.29, 1.82) is 0 Å². The van der Waals surface area contributed by atoms with Gasteiger partial charge in [-0.3, -0.25) is 15.1 Å². The number of pyridine rings is 1. The molecule has 0 bridgehead atoms. The first-order valence-corrected chi connectivity index (χ1v) is 4.77. The van der Waals surface area contributed by atoms with Crippen molar-refractivity contribution in [2.24, 2.45) is 0 Å². The number of halogens is 4. The second-order valence-corrected chi connectivity index (χ2v) is 3.07. The Morgan fingerprint density at radius 2 is 2.20 bits per heavy atom. The molecule has 0 saturated heterocycles. The van der Waals surface area contributed by atoms with Crippen molar-refractivity contribution in [3.05, 3.63) is 33.4 Å². The van der Waals surface area contributed by atoms with Crippen LogP contribution in [0.25, 0.3) is 0 Å². The van der Waals surface area contributed by atoms with Crippen LogP contribution in [-0.2, 0) is 5.33 Å². The third kappa shape index (κ3) is 2.25. The largest absolute Gasteiger partial charge is 0.327 e. The minimum absolute atomic E-state index is 0.0796. The molecule has 1 rings (SSSR count). The monoisotopic (exact) mass is 284 g/mol. The molecule has 0 amide bonds. The Bertz CT molecular complexity index is 400. The molecule has 15 heavy (non-hydrogen) atoms. The Labute approximate surface area is 90.4 Å². The summed E-state index contributed by atoms with van der Waals surface area (Å²) in [4.78, 5) is 12.8. The van der Waals surface area contributed by atoms with Crippen molar-refractivity contribution in [2.45, 2.75) is 11.8 Å². The van der Waals surface area contributed by atoms with Gasteiger partial charge in [0, 0.05) is 6.20 Å². The van der Waals surface area contributed by atoms with Crippen LogP contribution in [-0.4, -0.2) is 9.91 Å². The normalized spacial score (nSPS) is 10.7. The van der Waals surface area contributed by atoms with Gasteiger partial charge in [0.1, 0.15) is 5.69 Å². The van der Waals surface area contributed by atoms with Crippen molar-refractivity contribution in [1.82, 2.24) is 4.98 Å². The molecule has 0 radical (unpaired) electrons. The van der Waals surface area contributed by atoms with E-state index in [9.17, 15) is 23.3 Å². The van der Waals surface area contributed by atoms with Crippen molar-refractivity contribution in [2.75, 3.05) is 0 Å². The quantitative estimate of drug-likeness (QED) is 0.487. The Morgan fingerprint density at radius 1 is 1.60 bits per heavy atom. The Kier molecular flexibility index (Phi) is 3.61. The van der Waals surface area contributed by atoms with Gasteiger partial charge in [0.25, 0.3) is 6.43 Å². The summed E-state index contributed by atoms with van der Waals surface area (Å²) >= 11 is 2.85. The first-order valence-electron chi connectivity index (χ1n) is 3.64. The first-order chi connectivity index (χ1) is 6.99. The SMILES string of the molecule is O=[N+]([O-])c1c(CBr)ncc(C(F)F)c1F. The lowest BCUT2D eigenvalue weighted by Crippen LogP contribution is -2.04. The van der Waals surface area contributed by atoms with Gasteiger partial charge in [-0.15, -0.1) is 0 Å². The van der Waals surface area contributed by atoms with E-state index in [4.69, 9.17) is 0 Å². The van der Waals surface area contributed by atoms with E-state index in [1.165, 1.54) is 0 Å². The van der Waals surface area contributed by atoms with Crippen LogP contribution in [0, 0.1) is 15.9 Å². The van der Waals surface area contributed by atoms with E-state index in [2.05, 4.69) is 20.9 Å². The van der Waals surface area contributed by atoms with Gasteiger partial charge in [-0.2, -0.15) is 4.39 Å². The molecule has 0 atom stereocenters. The molecular formula is C7H4BrF3N2O2. The third-order valence-electron chi connectivity index (χ3n) is 1.64. The van der Waals surface area contributed by atoms with Gasteiger partial charge in [-0.05, 0) is 0 Å². The topological polar surface area (TPSA) is 56.0 Å². The van der Waals surface area contributed by atoms with Gasteiger partial charge in [0.15, 0.2) is 0 Å². The molecule has 0 aliphatic carbocycles. The van der Waals surface area contributed by atoms with E-state index in [1.54, 1.807) is 0 Å². The molecule has 0 unspecified atom stereocenters. The van der Waals surface area contributed by atoms with E-state index >= 15 is 0 Å². The lowest BCUT2D eigenvalue weighted by atomic mass is 10.2. The van der Waals surface area contributed by atoms with Gasteiger partial charge >= 0.3 is 5.69 Å². The number of alkyl halides is 3. The molecule has 82 valence electrons. The minimum atomic E-state index is -3.12. The van der Waals surface area contributed by atoms with E-state index in [1.807, 2.05) is 0 Å². The predicted octanol–water partition coefficient (Wildman–Crippen LogP) is 2.96. The fraction of sp³-hybridized carbons (Fsp3) is 0.286. The molecule has 1 heterocycles. The highest BCUT2D eigenvalue weighted by Crippen LogP contribution is 2.30. The highest BCUT2D eigenvalue weighted by Gasteiger charge is 2.27. The minimum Gasteiger partial charge on any atom is -0.258 e. The lowest BCUT2D eigenvalue weighted by Gasteiger charge is -2.04. The second kappa shape index (κ2) is 4.56. The second-order valence-electron chi connectivity index (χ2n) is 2.51. The molecule has 0 fully saturated rings. The van der Waals surface area contributed by atoms with Gasteiger partial charge in [-0.25, -0.2) is 8.78 Å². The molecule has 1 aromatic heterocycles. The fourth-order valence-electron chi connectivity index (χ4n) is 0.964. The zero-order valence-corrected chi connectivity index (χ0v) is 8.67. The summed E-state index contributed by atoms with van der Waals surface area (Å²) in [6.07, 6.45) is -2.52. The summed E-state index contributed by atoms with van der Waals surface area (Å²) in [6.45, 7) is 0. The standard InChI is InChI=1S/C7H4BrF3N2O2/c8-1-4-6(13(14)15)5(9)3(2-12-4)7(10)11/h2,7H,1H2. The molecule has 4 nitrogen and oxygen atoms in total. The van der Waals surface area contributed by atoms with Crippen LogP contribution in [0.2, 0.25) is 0 Å². The number of hydrogen-bond donors (Lipinski definition) is 0. The van der Waals surface area contributed by atoms with Crippen molar-refractivity contribution in [3.63, 3.8) is 0 Å². The molecule has 0 aromatic carbocycles. The molecule has 8 heteroatoms. The van der Waals surface area contributed by atoms with Crippen LogP contribution in [0.15, 0.2) is 6.20 Å². The number of hydrogen-bond acceptors (Lipinski definition) is 3. The van der Waals surface area contributed by atoms with E-state index in [0.717, 1.165) is 0 Å². The van der Waals surface area contributed by atoms with Crippen molar-refractivity contribution in [3.8, 4) is 0 Å². The van der Waals surface area contributed by atoms with Crippen LogP contribution in [0.3, 0.4) is 0 Å². The van der Waals surface area contributed by atoms with Crippen LogP contribution < -0.4 is 0 Å².